The number of rotatable bonds is 8. The van der Waals surface area contributed by atoms with Crippen LogP contribution in [0.5, 0.6) is 5.75 Å². The molecule has 1 aromatic rings. The molecule has 20 heavy (non-hydrogen) atoms. The number of benzene rings is 1. The summed E-state index contributed by atoms with van der Waals surface area (Å²) in [6.45, 7) is 4.15. The van der Waals surface area contributed by atoms with Gasteiger partial charge in [0.05, 0.1) is 20.3 Å². The summed E-state index contributed by atoms with van der Waals surface area (Å²) in [5, 5.41) is 3.05. The molecule has 0 aliphatic carbocycles. The summed E-state index contributed by atoms with van der Waals surface area (Å²) < 4.78 is 10.2. The van der Waals surface area contributed by atoms with Gasteiger partial charge < -0.3 is 19.7 Å². The standard InChI is InChI=1S/C15H24N2O3/c1-12-5-6-14(20-4)13(9-12)11-17(2)15(18)10-16-7-8-19-3/h5-6,9,16H,7-8,10-11H2,1-4H3. The maximum absolute atomic E-state index is 12.0. The summed E-state index contributed by atoms with van der Waals surface area (Å²) in [5.74, 6) is 0.854. The van der Waals surface area contributed by atoms with Gasteiger partial charge >= 0.3 is 0 Å². The maximum atomic E-state index is 12.0. The van der Waals surface area contributed by atoms with Crippen molar-refractivity contribution in [2.75, 3.05) is 41.0 Å². The number of amides is 1. The molecule has 5 heteroatoms. The highest BCUT2D eigenvalue weighted by Crippen LogP contribution is 2.20. The van der Waals surface area contributed by atoms with Crippen LogP contribution >= 0.6 is 0 Å². The van der Waals surface area contributed by atoms with Crippen molar-refractivity contribution in [3.05, 3.63) is 29.3 Å². The third-order valence-corrected chi connectivity index (χ3v) is 3.03. The minimum Gasteiger partial charge on any atom is -0.496 e. The first-order valence-corrected chi connectivity index (χ1v) is 6.65. The third-order valence-electron chi connectivity index (χ3n) is 3.03. The van der Waals surface area contributed by atoms with Crippen LogP contribution in [0, 0.1) is 6.92 Å². The van der Waals surface area contributed by atoms with Crippen LogP contribution in [-0.2, 0) is 16.1 Å². The molecule has 1 N–H and O–H groups in total. The van der Waals surface area contributed by atoms with Crippen LogP contribution in [0.3, 0.4) is 0 Å². The molecule has 0 saturated carbocycles. The Morgan fingerprint density at radius 3 is 2.75 bits per heavy atom. The summed E-state index contributed by atoms with van der Waals surface area (Å²) >= 11 is 0. The molecule has 0 heterocycles. The summed E-state index contributed by atoms with van der Waals surface area (Å²) in [6.07, 6.45) is 0. The topological polar surface area (TPSA) is 50.8 Å². The molecule has 0 bridgehead atoms. The first kappa shape index (κ1) is 16.5. The van der Waals surface area contributed by atoms with Gasteiger partial charge in [-0.15, -0.1) is 0 Å². The summed E-state index contributed by atoms with van der Waals surface area (Å²) in [4.78, 5) is 13.7. The highest BCUT2D eigenvalue weighted by atomic mass is 16.5. The van der Waals surface area contributed by atoms with Gasteiger partial charge in [0.25, 0.3) is 0 Å². The van der Waals surface area contributed by atoms with E-state index in [1.54, 1.807) is 26.2 Å². The first-order chi connectivity index (χ1) is 9.58. The molecular formula is C15H24N2O3. The van der Waals surface area contributed by atoms with E-state index in [0.717, 1.165) is 16.9 Å². The number of hydrogen-bond acceptors (Lipinski definition) is 4. The molecule has 0 aliphatic rings. The molecule has 0 saturated heterocycles. The minimum absolute atomic E-state index is 0.0460. The highest BCUT2D eigenvalue weighted by molar-refractivity contribution is 5.78. The van der Waals surface area contributed by atoms with E-state index >= 15 is 0 Å². The Bertz CT molecular complexity index is 435. The number of hydrogen-bond donors (Lipinski definition) is 1. The maximum Gasteiger partial charge on any atom is 0.236 e. The number of likely N-dealkylation sites (N-methyl/N-ethyl adjacent to an activating group) is 1. The second-order valence-corrected chi connectivity index (χ2v) is 4.73. The Morgan fingerprint density at radius 1 is 1.35 bits per heavy atom. The largest absolute Gasteiger partial charge is 0.496 e. The lowest BCUT2D eigenvalue weighted by Crippen LogP contribution is -2.36. The predicted octanol–water partition coefficient (Wildman–Crippen LogP) is 1.20. The van der Waals surface area contributed by atoms with Crippen LogP contribution in [0.2, 0.25) is 0 Å². The summed E-state index contributed by atoms with van der Waals surface area (Å²) in [7, 11) is 5.07. The molecule has 0 aliphatic heterocycles. The second-order valence-electron chi connectivity index (χ2n) is 4.73. The Morgan fingerprint density at radius 2 is 2.10 bits per heavy atom. The Labute approximate surface area is 120 Å². The molecule has 5 nitrogen and oxygen atoms in total. The zero-order chi connectivity index (χ0) is 15.0. The van der Waals surface area contributed by atoms with E-state index in [2.05, 4.69) is 5.32 Å². The van der Waals surface area contributed by atoms with Gasteiger partial charge in [0.15, 0.2) is 0 Å². The van der Waals surface area contributed by atoms with Crippen molar-refractivity contribution in [3.8, 4) is 5.75 Å². The van der Waals surface area contributed by atoms with Crippen LogP contribution in [0.15, 0.2) is 18.2 Å². The molecule has 0 radical (unpaired) electrons. The number of methoxy groups -OCH3 is 2. The van der Waals surface area contributed by atoms with Crippen LogP contribution in [0.1, 0.15) is 11.1 Å². The van der Waals surface area contributed by atoms with Crippen LogP contribution in [-0.4, -0.2) is 51.8 Å². The van der Waals surface area contributed by atoms with Crippen LogP contribution < -0.4 is 10.1 Å². The van der Waals surface area contributed by atoms with Crippen molar-refractivity contribution in [2.24, 2.45) is 0 Å². The molecule has 1 amide bonds. The lowest BCUT2D eigenvalue weighted by molar-refractivity contribution is -0.129. The molecule has 0 unspecified atom stereocenters. The Balaban J connectivity index is 2.54. The van der Waals surface area contributed by atoms with Gasteiger partial charge in [-0.1, -0.05) is 17.7 Å². The average Bonchev–Trinajstić information content (AvgIpc) is 2.43. The molecule has 1 aromatic carbocycles. The van der Waals surface area contributed by atoms with E-state index < -0.39 is 0 Å². The van der Waals surface area contributed by atoms with Crippen molar-refractivity contribution in [2.45, 2.75) is 13.5 Å². The van der Waals surface area contributed by atoms with Crippen molar-refractivity contribution in [1.82, 2.24) is 10.2 Å². The van der Waals surface area contributed by atoms with Gasteiger partial charge in [0.2, 0.25) is 5.91 Å². The van der Waals surface area contributed by atoms with E-state index in [1.165, 1.54) is 0 Å². The van der Waals surface area contributed by atoms with Crippen LogP contribution in [0.4, 0.5) is 0 Å². The second kappa shape index (κ2) is 8.55. The third kappa shape index (κ3) is 5.19. The molecule has 112 valence electrons. The number of nitrogens with one attached hydrogen (secondary N) is 1. The molecule has 0 aromatic heterocycles. The van der Waals surface area contributed by atoms with Crippen molar-refractivity contribution >= 4 is 5.91 Å². The van der Waals surface area contributed by atoms with Crippen molar-refractivity contribution in [3.63, 3.8) is 0 Å². The normalized spacial score (nSPS) is 10.4. The Hall–Kier alpha value is -1.59. The fourth-order valence-corrected chi connectivity index (χ4v) is 1.88. The quantitative estimate of drug-likeness (QED) is 0.727. The zero-order valence-electron chi connectivity index (χ0n) is 12.7. The molecule has 0 spiro atoms. The van der Waals surface area contributed by atoms with E-state index in [-0.39, 0.29) is 5.91 Å². The van der Waals surface area contributed by atoms with Gasteiger partial charge in [-0.05, 0) is 13.0 Å². The fraction of sp³-hybridized carbons (Fsp3) is 0.533. The molecule has 0 atom stereocenters. The smallest absolute Gasteiger partial charge is 0.236 e. The van der Waals surface area contributed by atoms with E-state index in [0.29, 0.717) is 26.2 Å². The molecule has 1 rings (SSSR count). The zero-order valence-corrected chi connectivity index (χ0v) is 12.7. The lowest BCUT2D eigenvalue weighted by atomic mass is 10.1. The van der Waals surface area contributed by atoms with Crippen LogP contribution in [0.25, 0.3) is 0 Å². The molecular weight excluding hydrogens is 256 g/mol. The Kier molecular flexibility index (Phi) is 7.04. The number of ether oxygens (including phenoxy) is 2. The fourth-order valence-electron chi connectivity index (χ4n) is 1.88. The molecule has 0 fully saturated rings. The van der Waals surface area contributed by atoms with Gasteiger partial charge in [-0.25, -0.2) is 0 Å². The first-order valence-electron chi connectivity index (χ1n) is 6.65. The summed E-state index contributed by atoms with van der Waals surface area (Å²) in [6, 6.07) is 5.97. The van der Waals surface area contributed by atoms with E-state index in [9.17, 15) is 4.79 Å². The summed E-state index contributed by atoms with van der Waals surface area (Å²) in [5.41, 5.74) is 2.17. The number of aryl methyl sites for hydroxylation is 1. The number of carbonyl (C=O) groups excluding carboxylic acids is 1. The monoisotopic (exact) mass is 280 g/mol. The van der Waals surface area contributed by atoms with E-state index in [1.807, 2.05) is 25.1 Å². The van der Waals surface area contributed by atoms with Gasteiger partial charge in [0.1, 0.15) is 5.75 Å². The number of carbonyl (C=O) groups is 1. The van der Waals surface area contributed by atoms with Crippen molar-refractivity contribution in [1.29, 1.82) is 0 Å². The number of nitrogens with zero attached hydrogens (tertiary/aromatic N) is 1. The average molecular weight is 280 g/mol. The SMILES string of the molecule is COCCNCC(=O)N(C)Cc1cc(C)ccc1OC. The van der Waals surface area contributed by atoms with Gasteiger partial charge in [0, 0.05) is 32.8 Å². The predicted molar refractivity (Wildman–Crippen MR) is 79.0 cm³/mol. The minimum atomic E-state index is 0.0460. The van der Waals surface area contributed by atoms with Gasteiger partial charge in [-0.3, -0.25) is 4.79 Å². The van der Waals surface area contributed by atoms with E-state index in [4.69, 9.17) is 9.47 Å². The highest BCUT2D eigenvalue weighted by Gasteiger charge is 2.11. The van der Waals surface area contributed by atoms with Crippen molar-refractivity contribution < 1.29 is 14.3 Å². The lowest BCUT2D eigenvalue weighted by Gasteiger charge is -2.19. The van der Waals surface area contributed by atoms with Gasteiger partial charge in [-0.2, -0.15) is 0 Å².